The number of carbonyl (C=O) groups excluding carboxylic acids is 3. The van der Waals surface area contributed by atoms with Gasteiger partial charge < -0.3 is 5.32 Å². The number of rotatable bonds is 6. The van der Waals surface area contributed by atoms with Gasteiger partial charge in [-0.15, -0.1) is 11.3 Å². The molecule has 1 aliphatic rings. The van der Waals surface area contributed by atoms with Crippen molar-refractivity contribution >= 4 is 39.3 Å². The van der Waals surface area contributed by atoms with Crippen molar-refractivity contribution in [1.82, 2.24) is 15.2 Å². The Labute approximate surface area is 145 Å². The molecule has 0 saturated carbocycles. The van der Waals surface area contributed by atoms with Crippen molar-refractivity contribution in [2.45, 2.75) is 6.54 Å². The number of azide groups is 1. The molecular formula is C15H12N6O3S. The first-order valence-corrected chi connectivity index (χ1v) is 8.12. The molecular weight excluding hydrogens is 344 g/mol. The Hall–Kier alpha value is -3.23. The van der Waals surface area contributed by atoms with E-state index in [-0.39, 0.29) is 37.4 Å². The molecule has 0 unspecified atom stereocenters. The van der Waals surface area contributed by atoms with Crippen molar-refractivity contribution in [2.75, 3.05) is 13.1 Å². The number of fused-ring (bicyclic) bond motifs is 1. The molecule has 0 bridgehead atoms. The molecule has 126 valence electrons. The zero-order valence-electron chi connectivity index (χ0n) is 12.9. The Morgan fingerprint density at radius 3 is 2.80 bits per heavy atom. The highest BCUT2D eigenvalue weighted by atomic mass is 32.1. The van der Waals surface area contributed by atoms with E-state index < -0.39 is 0 Å². The van der Waals surface area contributed by atoms with E-state index in [1.165, 1.54) is 23.5 Å². The summed E-state index contributed by atoms with van der Waals surface area (Å²) in [5.74, 6) is -1.06. The fourth-order valence-corrected chi connectivity index (χ4v) is 3.23. The average Bonchev–Trinajstić information content (AvgIpc) is 3.16. The molecule has 0 atom stereocenters. The SMILES string of the molecule is [N-]=[N+]=NCc1nc2ccc(C(=O)NCCN3C(=O)C=CC3=O)cc2s1. The molecule has 0 radical (unpaired) electrons. The number of carbonyl (C=O) groups is 3. The molecule has 1 aromatic heterocycles. The minimum absolute atomic E-state index is 0.121. The number of thiazole rings is 1. The lowest BCUT2D eigenvalue weighted by molar-refractivity contribution is -0.136. The summed E-state index contributed by atoms with van der Waals surface area (Å²) in [6.45, 7) is 0.458. The van der Waals surface area contributed by atoms with Crippen LogP contribution in [-0.2, 0) is 16.1 Å². The van der Waals surface area contributed by atoms with Gasteiger partial charge in [0.05, 0.1) is 21.8 Å². The van der Waals surface area contributed by atoms with Gasteiger partial charge in [0.1, 0.15) is 0 Å². The van der Waals surface area contributed by atoms with Crippen LogP contribution in [0.4, 0.5) is 0 Å². The van der Waals surface area contributed by atoms with Crippen molar-refractivity contribution in [1.29, 1.82) is 0 Å². The summed E-state index contributed by atoms with van der Waals surface area (Å²) in [6, 6.07) is 5.07. The molecule has 3 rings (SSSR count). The summed E-state index contributed by atoms with van der Waals surface area (Å²) in [7, 11) is 0. The lowest BCUT2D eigenvalue weighted by Gasteiger charge is -2.13. The van der Waals surface area contributed by atoms with Crippen LogP contribution in [0.15, 0.2) is 35.5 Å². The third-order valence-corrected chi connectivity index (χ3v) is 4.49. The maximum Gasteiger partial charge on any atom is 0.253 e. The van der Waals surface area contributed by atoms with E-state index in [0.717, 1.165) is 15.1 Å². The summed E-state index contributed by atoms with van der Waals surface area (Å²) >= 11 is 1.35. The van der Waals surface area contributed by atoms with E-state index >= 15 is 0 Å². The third-order valence-electron chi connectivity index (χ3n) is 3.49. The van der Waals surface area contributed by atoms with Gasteiger partial charge in [0.25, 0.3) is 17.7 Å². The van der Waals surface area contributed by atoms with Crippen LogP contribution in [0.5, 0.6) is 0 Å². The normalized spacial score (nSPS) is 13.4. The highest BCUT2D eigenvalue weighted by molar-refractivity contribution is 7.18. The Bertz CT molecular complexity index is 926. The van der Waals surface area contributed by atoms with Crippen LogP contribution in [0.2, 0.25) is 0 Å². The molecule has 3 amide bonds. The first kappa shape index (κ1) is 16.6. The minimum Gasteiger partial charge on any atom is -0.350 e. The standard InChI is InChI=1S/C15H12N6O3S/c16-20-18-8-12-19-10-2-1-9(7-11(10)25-12)15(24)17-5-6-21-13(22)3-4-14(21)23/h1-4,7H,5-6,8H2,(H,17,24). The number of nitrogens with one attached hydrogen (secondary N) is 1. The number of amides is 3. The van der Waals surface area contributed by atoms with E-state index in [1.807, 2.05) is 0 Å². The van der Waals surface area contributed by atoms with Crippen LogP contribution in [0.1, 0.15) is 15.4 Å². The lowest BCUT2D eigenvalue weighted by atomic mass is 10.2. The van der Waals surface area contributed by atoms with Gasteiger partial charge in [-0.05, 0) is 23.7 Å². The summed E-state index contributed by atoms with van der Waals surface area (Å²) < 4.78 is 0.810. The average molecular weight is 356 g/mol. The summed E-state index contributed by atoms with van der Waals surface area (Å²) in [5, 5.41) is 6.82. The number of benzene rings is 1. The molecule has 25 heavy (non-hydrogen) atoms. The largest absolute Gasteiger partial charge is 0.350 e. The van der Waals surface area contributed by atoms with E-state index in [1.54, 1.807) is 18.2 Å². The second-order valence-corrected chi connectivity index (χ2v) is 6.21. The molecule has 2 aromatic rings. The topological polar surface area (TPSA) is 128 Å². The van der Waals surface area contributed by atoms with Crippen LogP contribution >= 0.6 is 11.3 Å². The second-order valence-electron chi connectivity index (χ2n) is 5.10. The van der Waals surface area contributed by atoms with Crippen molar-refractivity contribution in [3.63, 3.8) is 0 Å². The van der Waals surface area contributed by atoms with Gasteiger partial charge in [-0.2, -0.15) is 0 Å². The molecule has 1 aliphatic heterocycles. The second kappa shape index (κ2) is 7.12. The molecule has 10 heteroatoms. The predicted molar refractivity (Wildman–Crippen MR) is 90.7 cm³/mol. The number of nitrogens with zero attached hydrogens (tertiary/aromatic N) is 5. The van der Waals surface area contributed by atoms with Gasteiger partial charge in [-0.1, -0.05) is 5.11 Å². The van der Waals surface area contributed by atoms with Crippen LogP contribution in [0, 0.1) is 0 Å². The molecule has 0 fully saturated rings. The van der Waals surface area contributed by atoms with E-state index in [0.29, 0.717) is 10.6 Å². The molecule has 0 spiro atoms. The van der Waals surface area contributed by atoms with Crippen LogP contribution in [0.25, 0.3) is 20.7 Å². The monoisotopic (exact) mass is 356 g/mol. The van der Waals surface area contributed by atoms with Crippen molar-refractivity contribution in [3.8, 4) is 0 Å². The fourth-order valence-electron chi connectivity index (χ4n) is 2.31. The summed E-state index contributed by atoms with van der Waals surface area (Å²) in [5.41, 5.74) is 9.52. The Kier molecular flexibility index (Phi) is 4.73. The zero-order chi connectivity index (χ0) is 17.8. The van der Waals surface area contributed by atoms with Gasteiger partial charge in [0, 0.05) is 35.7 Å². The summed E-state index contributed by atoms with van der Waals surface area (Å²) in [4.78, 5) is 43.1. The molecule has 0 aliphatic carbocycles. The van der Waals surface area contributed by atoms with Crippen molar-refractivity contribution in [2.24, 2.45) is 5.11 Å². The third kappa shape index (κ3) is 3.65. The van der Waals surface area contributed by atoms with E-state index in [2.05, 4.69) is 20.3 Å². The van der Waals surface area contributed by atoms with Gasteiger partial charge in [0.2, 0.25) is 0 Å². The van der Waals surface area contributed by atoms with Gasteiger partial charge in [-0.25, -0.2) is 4.98 Å². The number of imide groups is 1. The number of aromatic nitrogens is 1. The molecule has 1 aromatic carbocycles. The number of hydrogen-bond acceptors (Lipinski definition) is 6. The highest BCUT2D eigenvalue weighted by Gasteiger charge is 2.22. The zero-order valence-corrected chi connectivity index (χ0v) is 13.7. The van der Waals surface area contributed by atoms with Crippen molar-refractivity contribution < 1.29 is 14.4 Å². The Morgan fingerprint density at radius 2 is 2.08 bits per heavy atom. The maximum atomic E-state index is 12.2. The van der Waals surface area contributed by atoms with Gasteiger partial charge in [0.15, 0.2) is 0 Å². The first-order valence-electron chi connectivity index (χ1n) is 7.30. The van der Waals surface area contributed by atoms with Gasteiger partial charge in [-0.3, -0.25) is 19.3 Å². The molecule has 1 N–H and O–H groups in total. The van der Waals surface area contributed by atoms with Crippen LogP contribution in [0.3, 0.4) is 0 Å². The van der Waals surface area contributed by atoms with Crippen LogP contribution in [-0.4, -0.2) is 40.7 Å². The van der Waals surface area contributed by atoms with E-state index in [9.17, 15) is 14.4 Å². The first-order chi connectivity index (χ1) is 12.1. The van der Waals surface area contributed by atoms with E-state index in [4.69, 9.17) is 5.53 Å². The quantitative estimate of drug-likeness (QED) is 0.366. The number of hydrogen-bond donors (Lipinski definition) is 1. The fraction of sp³-hybridized carbons (Fsp3) is 0.200. The molecule has 0 saturated heterocycles. The Morgan fingerprint density at radius 1 is 1.32 bits per heavy atom. The Balaban J connectivity index is 1.62. The van der Waals surface area contributed by atoms with Crippen LogP contribution < -0.4 is 5.32 Å². The predicted octanol–water partition coefficient (Wildman–Crippen LogP) is 1.76. The van der Waals surface area contributed by atoms with Gasteiger partial charge >= 0.3 is 0 Å². The smallest absolute Gasteiger partial charge is 0.253 e. The molecule has 2 heterocycles. The summed E-state index contributed by atoms with van der Waals surface area (Å²) in [6.07, 6.45) is 2.41. The molecule has 9 nitrogen and oxygen atoms in total. The maximum absolute atomic E-state index is 12.2. The van der Waals surface area contributed by atoms with Crippen molar-refractivity contribution in [3.05, 3.63) is 51.4 Å². The minimum atomic E-state index is -0.377. The lowest BCUT2D eigenvalue weighted by Crippen LogP contribution is -2.38. The highest BCUT2D eigenvalue weighted by Crippen LogP contribution is 2.24.